The molecule has 5 heteroatoms. The SMILES string of the molecule is CC1OCC(C)(C)N1C(=O)c1ccc(Br)o1. The minimum absolute atomic E-state index is 0.138. The monoisotopic (exact) mass is 287 g/mol. The average molecular weight is 288 g/mol. The van der Waals surface area contributed by atoms with Crippen molar-refractivity contribution >= 4 is 21.8 Å². The Kier molecular flexibility index (Phi) is 2.84. The molecule has 2 heterocycles. The zero-order chi connectivity index (χ0) is 11.9. The third-order valence-corrected chi connectivity index (χ3v) is 3.12. The Balaban J connectivity index is 2.27. The number of amides is 1. The predicted molar refractivity (Wildman–Crippen MR) is 62.1 cm³/mol. The molecule has 1 atom stereocenters. The Morgan fingerprint density at radius 3 is 2.69 bits per heavy atom. The van der Waals surface area contributed by atoms with Crippen LogP contribution in [0.4, 0.5) is 0 Å². The predicted octanol–water partition coefficient (Wildman–Crippen LogP) is 2.64. The number of hydrogen-bond acceptors (Lipinski definition) is 3. The van der Waals surface area contributed by atoms with Gasteiger partial charge in [0.25, 0.3) is 5.91 Å². The first-order valence-electron chi connectivity index (χ1n) is 5.12. The minimum Gasteiger partial charge on any atom is -0.444 e. The first-order chi connectivity index (χ1) is 7.42. The van der Waals surface area contributed by atoms with Crippen molar-refractivity contribution in [1.82, 2.24) is 4.90 Å². The van der Waals surface area contributed by atoms with Crippen molar-refractivity contribution in [3.05, 3.63) is 22.6 Å². The maximum atomic E-state index is 12.2. The van der Waals surface area contributed by atoms with Gasteiger partial charge in [0, 0.05) is 0 Å². The maximum Gasteiger partial charge on any atom is 0.292 e. The fourth-order valence-electron chi connectivity index (χ4n) is 1.95. The highest BCUT2D eigenvalue weighted by Gasteiger charge is 2.42. The zero-order valence-corrected chi connectivity index (χ0v) is 11.1. The Hall–Kier alpha value is -0.810. The summed E-state index contributed by atoms with van der Waals surface area (Å²) in [5.41, 5.74) is -0.296. The molecular formula is C11H14BrNO3. The van der Waals surface area contributed by atoms with E-state index in [1.54, 1.807) is 17.0 Å². The van der Waals surface area contributed by atoms with E-state index in [1.165, 1.54) is 0 Å². The molecule has 4 nitrogen and oxygen atoms in total. The van der Waals surface area contributed by atoms with Crippen LogP contribution in [0.25, 0.3) is 0 Å². The highest BCUT2D eigenvalue weighted by molar-refractivity contribution is 9.10. The lowest BCUT2D eigenvalue weighted by Gasteiger charge is -2.31. The number of ether oxygens (including phenoxy) is 1. The number of furan rings is 1. The van der Waals surface area contributed by atoms with E-state index >= 15 is 0 Å². The van der Waals surface area contributed by atoms with Gasteiger partial charge in [0.15, 0.2) is 10.4 Å². The second-order valence-corrected chi connectivity index (χ2v) is 5.28. The number of carbonyl (C=O) groups excluding carboxylic acids is 1. The van der Waals surface area contributed by atoms with Crippen LogP contribution in [0.1, 0.15) is 31.3 Å². The summed E-state index contributed by atoms with van der Waals surface area (Å²) in [6.45, 7) is 6.37. The van der Waals surface area contributed by atoms with Crippen LogP contribution in [0.5, 0.6) is 0 Å². The van der Waals surface area contributed by atoms with Crippen molar-refractivity contribution in [2.75, 3.05) is 6.61 Å². The Bertz CT molecular complexity index is 413. The van der Waals surface area contributed by atoms with E-state index in [2.05, 4.69) is 15.9 Å². The third-order valence-electron chi connectivity index (χ3n) is 2.70. The summed E-state index contributed by atoms with van der Waals surface area (Å²) in [5, 5.41) is 0. The smallest absolute Gasteiger partial charge is 0.292 e. The van der Waals surface area contributed by atoms with Gasteiger partial charge in [-0.05, 0) is 48.8 Å². The summed E-state index contributed by atoms with van der Waals surface area (Å²) in [7, 11) is 0. The van der Waals surface area contributed by atoms with Crippen molar-refractivity contribution < 1.29 is 13.9 Å². The summed E-state index contributed by atoms with van der Waals surface area (Å²) in [6, 6.07) is 3.37. The molecule has 0 spiro atoms. The fraction of sp³-hybridized carbons (Fsp3) is 0.545. The van der Waals surface area contributed by atoms with E-state index in [9.17, 15) is 4.79 Å². The Labute approximate surface area is 103 Å². The van der Waals surface area contributed by atoms with Crippen molar-refractivity contribution in [2.45, 2.75) is 32.5 Å². The van der Waals surface area contributed by atoms with Gasteiger partial charge in [-0.15, -0.1) is 0 Å². The van der Waals surface area contributed by atoms with Crippen molar-refractivity contribution in [3.63, 3.8) is 0 Å². The number of rotatable bonds is 1. The first-order valence-corrected chi connectivity index (χ1v) is 5.92. The van der Waals surface area contributed by atoms with Gasteiger partial charge >= 0.3 is 0 Å². The van der Waals surface area contributed by atoms with Gasteiger partial charge in [-0.3, -0.25) is 4.79 Å². The zero-order valence-electron chi connectivity index (χ0n) is 9.49. The molecule has 2 rings (SSSR count). The molecule has 1 aromatic heterocycles. The Morgan fingerprint density at radius 2 is 2.25 bits per heavy atom. The summed E-state index contributed by atoms with van der Waals surface area (Å²) >= 11 is 3.18. The number of halogens is 1. The quantitative estimate of drug-likeness (QED) is 0.797. The van der Waals surface area contributed by atoms with Crippen LogP contribution in [-0.2, 0) is 4.74 Å². The molecule has 0 bridgehead atoms. The normalized spacial score (nSPS) is 23.8. The highest BCUT2D eigenvalue weighted by Crippen LogP contribution is 2.29. The van der Waals surface area contributed by atoms with E-state index in [4.69, 9.17) is 9.15 Å². The van der Waals surface area contributed by atoms with Crippen molar-refractivity contribution in [1.29, 1.82) is 0 Å². The molecule has 88 valence electrons. The third kappa shape index (κ3) is 1.89. The lowest BCUT2D eigenvalue weighted by molar-refractivity contribution is 0.0281. The molecule has 0 radical (unpaired) electrons. The molecule has 1 amide bonds. The van der Waals surface area contributed by atoms with Crippen LogP contribution in [-0.4, -0.2) is 29.2 Å². The molecule has 16 heavy (non-hydrogen) atoms. The highest BCUT2D eigenvalue weighted by atomic mass is 79.9. The fourth-order valence-corrected chi connectivity index (χ4v) is 2.26. The van der Waals surface area contributed by atoms with Gasteiger partial charge in [-0.2, -0.15) is 0 Å². The molecule has 1 fully saturated rings. The van der Waals surface area contributed by atoms with E-state index in [0.717, 1.165) is 0 Å². The summed E-state index contributed by atoms with van der Waals surface area (Å²) in [6.07, 6.45) is -0.216. The second kappa shape index (κ2) is 3.89. The molecular weight excluding hydrogens is 274 g/mol. The second-order valence-electron chi connectivity index (χ2n) is 4.50. The summed E-state index contributed by atoms with van der Waals surface area (Å²) in [5.74, 6) is 0.193. The number of hydrogen-bond donors (Lipinski definition) is 0. The standard InChI is InChI=1S/C11H14BrNO3/c1-7-13(11(2,3)6-15-7)10(14)8-4-5-9(12)16-8/h4-5,7H,6H2,1-3H3. The van der Waals surface area contributed by atoms with Gasteiger partial charge < -0.3 is 14.1 Å². The minimum atomic E-state index is -0.296. The summed E-state index contributed by atoms with van der Waals surface area (Å²) < 4.78 is 11.3. The van der Waals surface area contributed by atoms with E-state index < -0.39 is 0 Å². The average Bonchev–Trinajstić information content (AvgIpc) is 2.71. The van der Waals surface area contributed by atoms with Crippen LogP contribution in [0, 0.1) is 0 Å². The molecule has 1 aromatic rings. The van der Waals surface area contributed by atoms with Crippen LogP contribution in [0.2, 0.25) is 0 Å². The van der Waals surface area contributed by atoms with Gasteiger partial charge in [0.2, 0.25) is 0 Å². The van der Waals surface area contributed by atoms with Crippen molar-refractivity contribution in [2.24, 2.45) is 0 Å². The molecule has 1 aliphatic rings. The molecule has 0 aliphatic carbocycles. The molecule has 1 unspecified atom stereocenters. The topological polar surface area (TPSA) is 42.7 Å². The molecule has 0 aromatic carbocycles. The van der Waals surface area contributed by atoms with Gasteiger partial charge in [-0.25, -0.2) is 0 Å². The van der Waals surface area contributed by atoms with E-state index in [-0.39, 0.29) is 17.7 Å². The maximum absolute atomic E-state index is 12.2. The number of nitrogens with zero attached hydrogens (tertiary/aromatic N) is 1. The summed E-state index contributed by atoms with van der Waals surface area (Å²) in [4.78, 5) is 13.9. The largest absolute Gasteiger partial charge is 0.444 e. The van der Waals surface area contributed by atoms with Gasteiger partial charge in [0.05, 0.1) is 12.1 Å². The van der Waals surface area contributed by atoms with E-state index in [0.29, 0.717) is 17.0 Å². The number of carbonyl (C=O) groups is 1. The first kappa shape index (κ1) is 11.7. The molecule has 0 saturated carbocycles. The van der Waals surface area contributed by atoms with Crippen molar-refractivity contribution in [3.8, 4) is 0 Å². The lowest BCUT2D eigenvalue weighted by Crippen LogP contribution is -2.47. The van der Waals surface area contributed by atoms with Crippen LogP contribution in [0.3, 0.4) is 0 Å². The van der Waals surface area contributed by atoms with Gasteiger partial charge in [-0.1, -0.05) is 0 Å². The van der Waals surface area contributed by atoms with Crippen LogP contribution in [0.15, 0.2) is 21.2 Å². The van der Waals surface area contributed by atoms with Gasteiger partial charge in [0.1, 0.15) is 6.23 Å². The molecule has 1 aliphatic heterocycles. The Morgan fingerprint density at radius 1 is 1.56 bits per heavy atom. The lowest BCUT2D eigenvalue weighted by atomic mass is 10.1. The van der Waals surface area contributed by atoms with Crippen LogP contribution < -0.4 is 0 Å². The molecule has 1 saturated heterocycles. The van der Waals surface area contributed by atoms with Crippen LogP contribution >= 0.6 is 15.9 Å². The van der Waals surface area contributed by atoms with E-state index in [1.807, 2.05) is 20.8 Å². The molecule has 0 N–H and O–H groups in total.